The van der Waals surface area contributed by atoms with Crippen molar-refractivity contribution in [3.63, 3.8) is 0 Å². The highest BCUT2D eigenvalue weighted by molar-refractivity contribution is 5.92. The second-order valence-corrected chi connectivity index (χ2v) is 4.43. The Hall–Kier alpha value is -0.890. The number of nitrogens with one attached hydrogen (secondary N) is 1. The van der Waals surface area contributed by atoms with E-state index in [1.165, 1.54) is 18.6 Å². The minimum atomic E-state index is 0.612. The maximum absolute atomic E-state index is 4.66. The first kappa shape index (κ1) is 8.42. The molecule has 1 fully saturated rings. The number of nitrogens with zero attached hydrogens (tertiary/aromatic N) is 1. The molecule has 3 atom stereocenters. The van der Waals surface area contributed by atoms with Gasteiger partial charge in [-0.2, -0.15) is 0 Å². The van der Waals surface area contributed by atoms with E-state index in [1.54, 1.807) is 0 Å². The molecule has 74 valence electrons. The van der Waals surface area contributed by atoms with Gasteiger partial charge in [-0.05, 0) is 18.8 Å². The van der Waals surface area contributed by atoms with Gasteiger partial charge >= 0.3 is 0 Å². The van der Waals surface area contributed by atoms with Crippen LogP contribution in [0.1, 0.15) is 12.8 Å². The molecule has 0 saturated heterocycles. The summed E-state index contributed by atoms with van der Waals surface area (Å²) in [4.78, 5) is 4.66. The van der Waals surface area contributed by atoms with Crippen molar-refractivity contribution in [3.05, 3.63) is 24.3 Å². The highest BCUT2D eigenvalue weighted by atomic mass is 15.0. The molecule has 0 aromatic rings. The quantitative estimate of drug-likeness (QED) is 0.615. The van der Waals surface area contributed by atoms with E-state index in [4.69, 9.17) is 0 Å². The molecule has 0 bridgehead atoms. The predicted octanol–water partition coefficient (Wildman–Crippen LogP) is 1.76. The van der Waals surface area contributed by atoms with E-state index in [1.807, 2.05) is 0 Å². The molecule has 1 aliphatic heterocycles. The van der Waals surface area contributed by atoms with Crippen LogP contribution in [0.4, 0.5) is 0 Å². The van der Waals surface area contributed by atoms with E-state index in [2.05, 4.69) is 34.6 Å². The summed E-state index contributed by atoms with van der Waals surface area (Å²) in [6.07, 6.45) is 11.7. The number of fused-ring (bicyclic) bond motifs is 3. The van der Waals surface area contributed by atoms with Crippen LogP contribution in [0.25, 0.3) is 0 Å². The zero-order valence-electron chi connectivity index (χ0n) is 8.32. The van der Waals surface area contributed by atoms with Gasteiger partial charge in [0, 0.05) is 24.1 Å². The third-order valence-corrected chi connectivity index (χ3v) is 3.62. The predicted molar refractivity (Wildman–Crippen MR) is 58.3 cm³/mol. The van der Waals surface area contributed by atoms with Crippen LogP contribution in [0.15, 0.2) is 29.3 Å². The number of rotatable bonds is 0. The van der Waals surface area contributed by atoms with Gasteiger partial charge in [0.2, 0.25) is 0 Å². The molecule has 0 spiro atoms. The third kappa shape index (κ3) is 1.25. The molecular weight excluding hydrogens is 172 g/mol. The van der Waals surface area contributed by atoms with Gasteiger partial charge in [-0.25, -0.2) is 0 Å². The van der Waals surface area contributed by atoms with Crippen molar-refractivity contribution in [1.29, 1.82) is 0 Å². The van der Waals surface area contributed by atoms with Crippen LogP contribution >= 0.6 is 0 Å². The normalized spacial score (nSPS) is 40.0. The average molecular weight is 188 g/mol. The van der Waals surface area contributed by atoms with Crippen molar-refractivity contribution in [3.8, 4) is 0 Å². The zero-order chi connectivity index (χ0) is 9.38. The molecule has 3 unspecified atom stereocenters. The topological polar surface area (TPSA) is 24.4 Å². The molecule has 1 heterocycles. The van der Waals surface area contributed by atoms with E-state index < -0.39 is 0 Å². The Kier molecular flexibility index (Phi) is 2.02. The van der Waals surface area contributed by atoms with Gasteiger partial charge < -0.3 is 0 Å². The second kappa shape index (κ2) is 3.35. The summed E-state index contributed by atoms with van der Waals surface area (Å²) in [5.41, 5.74) is 1.46. The van der Waals surface area contributed by atoms with E-state index >= 15 is 0 Å². The Morgan fingerprint density at radius 3 is 3.14 bits per heavy atom. The molecule has 2 heteroatoms. The zero-order valence-corrected chi connectivity index (χ0v) is 8.32. The molecule has 2 nitrogen and oxygen atoms in total. The van der Waals surface area contributed by atoms with Crippen LogP contribution in [0.3, 0.4) is 0 Å². The molecule has 3 rings (SSSR count). The number of hydrogen-bond acceptors (Lipinski definition) is 2. The van der Waals surface area contributed by atoms with Gasteiger partial charge in [-0.1, -0.05) is 24.3 Å². The first-order valence-corrected chi connectivity index (χ1v) is 5.55. The van der Waals surface area contributed by atoms with Crippen LogP contribution in [0, 0.1) is 17.8 Å². The summed E-state index contributed by atoms with van der Waals surface area (Å²) in [7, 11) is 0. The Morgan fingerprint density at radius 1 is 1.21 bits per heavy atom. The summed E-state index contributed by atoms with van der Waals surface area (Å²) >= 11 is 0. The molecule has 0 aromatic carbocycles. The fourth-order valence-electron chi connectivity index (χ4n) is 2.89. The summed E-state index contributed by atoms with van der Waals surface area (Å²) in [6, 6.07) is 0. The lowest BCUT2D eigenvalue weighted by Crippen LogP contribution is -2.43. The van der Waals surface area contributed by atoms with E-state index in [0.717, 1.165) is 19.1 Å². The molecule has 14 heavy (non-hydrogen) atoms. The molecule has 0 aromatic heterocycles. The van der Waals surface area contributed by atoms with Crippen molar-refractivity contribution in [1.82, 2.24) is 5.32 Å². The van der Waals surface area contributed by atoms with Gasteiger partial charge in [0.05, 0.1) is 6.67 Å². The molecule has 1 saturated carbocycles. The van der Waals surface area contributed by atoms with Gasteiger partial charge in [-0.15, -0.1) is 0 Å². The van der Waals surface area contributed by atoms with Crippen LogP contribution in [0.2, 0.25) is 0 Å². The van der Waals surface area contributed by atoms with Crippen molar-refractivity contribution in [2.24, 2.45) is 22.7 Å². The number of hydrogen-bond donors (Lipinski definition) is 1. The first-order chi connectivity index (χ1) is 6.95. The van der Waals surface area contributed by atoms with Crippen molar-refractivity contribution >= 4 is 5.71 Å². The minimum absolute atomic E-state index is 0.612. The van der Waals surface area contributed by atoms with Crippen LogP contribution < -0.4 is 5.32 Å². The summed E-state index contributed by atoms with van der Waals surface area (Å²) in [6.45, 7) is 1.96. The summed E-state index contributed by atoms with van der Waals surface area (Å²) < 4.78 is 0. The average Bonchev–Trinajstić information content (AvgIpc) is 2.29. The maximum atomic E-state index is 4.66. The van der Waals surface area contributed by atoms with E-state index in [9.17, 15) is 0 Å². The molecule has 3 aliphatic rings. The van der Waals surface area contributed by atoms with Gasteiger partial charge in [0.1, 0.15) is 0 Å². The fourth-order valence-corrected chi connectivity index (χ4v) is 2.89. The lowest BCUT2D eigenvalue weighted by molar-refractivity contribution is 0.381. The molecule has 0 radical (unpaired) electrons. The standard InChI is InChI=1S/C12H16N2/c1-2-4-11-9(3-1)5-6-10-7-13-8-14-12(10)11/h1-4,9-11,13H,5-8H2. The third-order valence-electron chi connectivity index (χ3n) is 3.62. The van der Waals surface area contributed by atoms with Gasteiger partial charge in [0.25, 0.3) is 0 Å². The largest absolute Gasteiger partial charge is 0.298 e. The van der Waals surface area contributed by atoms with Crippen LogP contribution in [0.5, 0.6) is 0 Å². The lowest BCUT2D eigenvalue weighted by Gasteiger charge is -2.38. The van der Waals surface area contributed by atoms with Gasteiger partial charge in [0.15, 0.2) is 0 Å². The number of allylic oxidation sites excluding steroid dienone is 4. The van der Waals surface area contributed by atoms with E-state index in [-0.39, 0.29) is 0 Å². The van der Waals surface area contributed by atoms with Crippen molar-refractivity contribution < 1.29 is 0 Å². The molecule has 2 aliphatic carbocycles. The Morgan fingerprint density at radius 2 is 2.14 bits per heavy atom. The highest BCUT2D eigenvalue weighted by Crippen LogP contribution is 2.36. The number of aliphatic imine (C=N–C) groups is 1. The van der Waals surface area contributed by atoms with Crippen LogP contribution in [-0.2, 0) is 0 Å². The highest BCUT2D eigenvalue weighted by Gasteiger charge is 2.34. The Labute approximate surface area is 84.8 Å². The van der Waals surface area contributed by atoms with Crippen molar-refractivity contribution in [2.45, 2.75) is 12.8 Å². The summed E-state index contributed by atoms with van der Waals surface area (Å²) in [5, 5.41) is 3.35. The van der Waals surface area contributed by atoms with Gasteiger partial charge in [-0.3, -0.25) is 10.3 Å². The smallest absolute Gasteiger partial charge is 0.0884 e. The SMILES string of the molecule is C1=CC2CCC3CNCN=C3C2C=C1. The van der Waals surface area contributed by atoms with Crippen LogP contribution in [-0.4, -0.2) is 18.9 Å². The lowest BCUT2D eigenvalue weighted by atomic mass is 9.70. The second-order valence-electron chi connectivity index (χ2n) is 4.43. The Balaban J connectivity index is 1.92. The Bertz CT molecular complexity index is 314. The maximum Gasteiger partial charge on any atom is 0.0884 e. The summed E-state index contributed by atoms with van der Waals surface area (Å²) in [5.74, 6) is 2.05. The first-order valence-electron chi connectivity index (χ1n) is 5.55. The monoisotopic (exact) mass is 188 g/mol. The minimum Gasteiger partial charge on any atom is -0.298 e. The molecule has 0 amide bonds. The van der Waals surface area contributed by atoms with E-state index in [0.29, 0.717) is 11.8 Å². The fraction of sp³-hybridized carbons (Fsp3) is 0.583. The molecular formula is C12H16N2. The van der Waals surface area contributed by atoms with Crippen molar-refractivity contribution in [2.75, 3.05) is 13.2 Å². The molecule has 1 N–H and O–H groups in total.